The van der Waals surface area contributed by atoms with Gasteiger partial charge >= 0.3 is 0 Å². The second-order valence-electron chi connectivity index (χ2n) is 6.57. The number of nitrogens with zero attached hydrogens (tertiary/aromatic N) is 1. The molecule has 2 aromatic carbocycles. The molecule has 0 saturated heterocycles. The highest BCUT2D eigenvalue weighted by Gasteiger charge is 2.07. The van der Waals surface area contributed by atoms with Crippen molar-refractivity contribution >= 4 is 17.6 Å². The van der Waals surface area contributed by atoms with Crippen LogP contribution in [0.4, 0.5) is 5.69 Å². The minimum Gasteiger partial charge on any atom is -0.497 e. The lowest BCUT2D eigenvalue weighted by Gasteiger charge is -2.18. The average Bonchev–Trinajstić information content (AvgIpc) is 2.70. The number of amides is 1. The van der Waals surface area contributed by atoms with Crippen molar-refractivity contribution < 1.29 is 14.3 Å². The topological polar surface area (TPSA) is 84.0 Å². The number of rotatable bonds is 9. The van der Waals surface area contributed by atoms with E-state index in [0.717, 1.165) is 29.3 Å². The third-order valence-corrected chi connectivity index (χ3v) is 3.95. The Balaban J connectivity index is 1.92. The third kappa shape index (κ3) is 8.13. The van der Waals surface area contributed by atoms with Crippen LogP contribution in [0, 0.1) is 0 Å². The molecule has 0 heterocycles. The van der Waals surface area contributed by atoms with Crippen molar-refractivity contribution in [3.05, 3.63) is 54.1 Å². The monoisotopic (exact) mass is 398 g/mol. The number of carbonyl (C=O) groups is 1. The predicted molar refractivity (Wildman–Crippen MR) is 117 cm³/mol. The van der Waals surface area contributed by atoms with Gasteiger partial charge in [0.2, 0.25) is 5.91 Å². The summed E-state index contributed by atoms with van der Waals surface area (Å²) in [6, 6.07) is 15.2. The summed E-state index contributed by atoms with van der Waals surface area (Å²) in [5.41, 5.74) is 1.78. The maximum atomic E-state index is 11.2. The van der Waals surface area contributed by atoms with Crippen molar-refractivity contribution in [3.63, 3.8) is 0 Å². The molecule has 156 valence electrons. The normalized spacial score (nSPS) is 12.1. The van der Waals surface area contributed by atoms with Crippen LogP contribution in [0.15, 0.2) is 53.5 Å². The van der Waals surface area contributed by atoms with Crippen molar-refractivity contribution in [2.24, 2.45) is 4.99 Å². The zero-order valence-electron chi connectivity index (χ0n) is 17.5. The Labute approximate surface area is 172 Å². The molecule has 3 N–H and O–H groups in total. The van der Waals surface area contributed by atoms with Gasteiger partial charge in [0.05, 0.1) is 20.2 Å². The van der Waals surface area contributed by atoms with Crippen molar-refractivity contribution in [3.8, 4) is 11.5 Å². The minimum absolute atomic E-state index is 0.0611. The van der Waals surface area contributed by atoms with Crippen LogP contribution in [0.5, 0.6) is 11.5 Å². The van der Waals surface area contributed by atoms with E-state index in [2.05, 4.69) is 20.9 Å². The van der Waals surface area contributed by atoms with E-state index in [1.54, 1.807) is 7.11 Å². The van der Waals surface area contributed by atoms with E-state index in [0.29, 0.717) is 19.0 Å². The van der Waals surface area contributed by atoms with E-state index >= 15 is 0 Å². The van der Waals surface area contributed by atoms with Gasteiger partial charge in [-0.3, -0.25) is 4.79 Å². The number of nitrogens with one attached hydrogen (secondary N) is 3. The fourth-order valence-electron chi connectivity index (χ4n) is 2.65. The van der Waals surface area contributed by atoms with Gasteiger partial charge in [0.25, 0.3) is 0 Å². The Morgan fingerprint density at radius 1 is 1.10 bits per heavy atom. The summed E-state index contributed by atoms with van der Waals surface area (Å²) >= 11 is 0. The fourth-order valence-corrected chi connectivity index (χ4v) is 2.65. The first-order chi connectivity index (χ1) is 14.0. The maximum Gasteiger partial charge on any atom is 0.221 e. The van der Waals surface area contributed by atoms with E-state index in [9.17, 15) is 4.79 Å². The van der Waals surface area contributed by atoms with Gasteiger partial charge in [0.1, 0.15) is 17.6 Å². The summed E-state index contributed by atoms with van der Waals surface area (Å²) in [6.45, 7) is 7.34. The fraction of sp³-hybridized carbons (Fsp3) is 0.364. The van der Waals surface area contributed by atoms with Gasteiger partial charge in [-0.15, -0.1) is 0 Å². The zero-order valence-corrected chi connectivity index (χ0v) is 17.5. The Kier molecular flexibility index (Phi) is 8.82. The molecule has 2 rings (SSSR count). The van der Waals surface area contributed by atoms with Gasteiger partial charge in [-0.1, -0.05) is 18.2 Å². The van der Waals surface area contributed by atoms with Crippen molar-refractivity contribution in [2.75, 3.05) is 25.5 Å². The third-order valence-electron chi connectivity index (χ3n) is 3.95. The molecular weight excluding hydrogens is 368 g/mol. The number of aliphatic imine (C=N–C) groups is 1. The van der Waals surface area contributed by atoms with E-state index < -0.39 is 0 Å². The van der Waals surface area contributed by atoms with Crippen molar-refractivity contribution in [2.45, 2.75) is 33.4 Å². The molecule has 0 radical (unpaired) electrons. The van der Waals surface area contributed by atoms with Gasteiger partial charge < -0.3 is 25.4 Å². The van der Waals surface area contributed by atoms with Crippen molar-refractivity contribution in [1.82, 2.24) is 10.6 Å². The molecule has 2 aromatic rings. The predicted octanol–water partition coefficient (Wildman–Crippen LogP) is 3.18. The van der Waals surface area contributed by atoms with Gasteiger partial charge in [-0.05, 0) is 43.7 Å². The quantitative estimate of drug-likeness (QED) is 0.446. The van der Waals surface area contributed by atoms with E-state index in [1.807, 2.05) is 62.4 Å². The zero-order chi connectivity index (χ0) is 21.1. The van der Waals surface area contributed by atoms with Crippen LogP contribution in [-0.4, -0.2) is 38.2 Å². The second kappa shape index (κ2) is 11.6. The minimum atomic E-state index is -0.0920. The number of carbonyl (C=O) groups excluding carboxylic acids is 1. The lowest BCUT2D eigenvalue weighted by molar-refractivity contribution is -0.114. The number of hydrogen-bond acceptors (Lipinski definition) is 4. The molecule has 0 saturated carbocycles. The SMILES string of the molecule is CCNC(=NCc1cccc(NC(C)=O)c1)NCC(C)Oc1cccc(OC)c1. The van der Waals surface area contributed by atoms with Crippen LogP contribution >= 0.6 is 0 Å². The van der Waals surface area contributed by atoms with Gasteiger partial charge in [-0.2, -0.15) is 0 Å². The molecular formula is C22H30N4O3. The largest absolute Gasteiger partial charge is 0.497 e. The Hall–Kier alpha value is -3.22. The van der Waals surface area contributed by atoms with Gasteiger partial charge in [-0.25, -0.2) is 4.99 Å². The molecule has 0 bridgehead atoms. The molecule has 1 amide bonds. The molecule has 0 spiro atoms. The summed E-state index contributed by atoms with van der Waals surface area (Å²) in [5, 5.41) is 9.32. The molecule has 7 nitrogen and oxygen atoms in total. The number of benzene rings is 2. The molecule has 0 aromatic heterocycles. The summed E-state index contributed by atoms with van der Waals surface area (Å²) < 4.78 is 11.2. The molecule has 1 unspecified atom stereocenters. The standard InChI is InChI=1S/C22H30N4O3/c1-5-23-22(25-15-18-8-6-9-19(12-18)26-17(3)27)24-14-16(2)29-21-11-7-10-20(13-21)28-4/h6-13,16H,5,14-15H2,1-4H3,(H,26,27)(H2,23,24,25). The molecule has 0 fully saturated rings. The summed E-state index contributed by atoms with van der Waals surface area (Å²) in [6.07, 6.45) is -0.0611. The van der Waals surface area contributed by atoms with Crippen molar-refractivity contribution in [1.29, 1.82) is 0 Å². The van der Waals surface area contributed by atoms with Crippen LogP contribution in [-0.2, 0) is 11.3 Å². The first-order valence-corrected chi connectivity index (χ1v) is 9.69. The Bertz CT molecular complexity index is 823. The number of anilines is 1. The number of hydrogen-bond donors (Lipinski definition) is 3. The Morgan fingerprint density at radius 2 is 1.86 bits per heavy atom. The molecule has 0 aliphatic carbocycles. The highest BCUT2D eigenvalue weighted by atomic mass is 16.5. The summed E-state index contributed by atoms with van der Waals surface area (Å²) in [4.78, 5) is 15.8. The van der Waals surface area contributed by atoms with Crippen LogP contribution in [0.25, 0.3) is 0 Å². The maximum absolute atomic E-state index is 11.2. The van der Waals surface area contributed by atoms with Crippen LogP contribution < -0.4 is 25.4 Å². The number of guanidine groups is 1. The molecule has 7 heteroatoms. The first kappa shape index (κ1) is 22.1. The molecule has 1 atom stereocenters. The first-order valence-electron chi connectivity index (χ1n) is 9.69. The highest BCUT2D eigenvalue weighted by Crippen LogP contribution is 2.19. The lowest BCUT2D eigenvalue weighted by Crippen LogP contribution is -2.41. The van der Waals surface area contributed by atoms with Crippen LogP contribution in [0.3, 0.4) is 0 Å². The molecule has 0 aliphatic heterocycles. The van der Waals surface area contributed by atoms with E-state index in [-0.39, 0.29) is 12.0 Å². The van der Waals surface area contributed by atoms with E-state index in [4.69, 9.17) is 9.47 Å². The number of ether oxygens (including phenoxy) is 2. The van der Waals surface area contributed by atoms with Crippen LogP contribution in [0.2, 0.25) is 0 Å². The highest BCUT2D eigenvalue weighted by molar-refractivity contribution is 5.88. The summed E-state index contributed by atoms with van der Waals surface area (Å²) in [7, 11) is 1.63. The smallest absolute Gasteiger partial charge is 0.221 e. The Morgan fingerprint density at radius 3 is 2.59 bits per heavy atom. The summed E-state index contributed by atoms with van der Waals surface area (Å²) in [5.74, 6) is 2.14. The van der Waals surface area contributed by atoms with Crippen LogP contribution in [0.1, 0.15) is 26.3 Å². The van der Waals surface area contributed by atoms with E-state index in [1.165, 1.54) is 6.92 Å². The average molecular weight is 399 g/mol. The second-order valence-corrected chi connectivity index (χ2v) is 6.57. The number of methoxy groups -OCH3 is 1. The molecule has 29 heavy (non-hydrogen) atoms. The molecule has 0 aliphatic rings. The van der Waals surface area contributed by atoms with Gasteiger partial charge in [0.15, 0.2) is 5.96 Å². The van der Waals surface area contributed by atoms with Gasteiger partial charge in [0, 0.05) is 25.2 Å². The lowest BCUT2D eigenvalue weighted by atomic mass is 10.2.